The molecule has 2 aliphatic heterocycles. The first-order valence-electron chi connectivity index (χ1n) is 10.7. The molecule has 0 amide bonds. The molecule has 1 N–H and O–H groups in total. The van der Waals surface area contributed by atoms with Crippen molar-refractivity contribution in [1.29, 1.82) is 0 Å². The Bertz CT molecular complexity index is 1160. The SMILES string of the molecule is CC1=C(c2nc(-c3cccc(Cl)c3)no2)C(c2ccccc2)NC(=S)N1CC1CCCO1. The Morgan fingerprint density at radius 2 is 2.03 bits per heavy atom. The first-order valence-corrected chi connectivity index (χ1v) is 11.4. The van der Waals surface area contributed by atoms with E-state index in [1.807, 2.05) is 42.5 Å². The van der Waals surface area contributed by atoms with E-state index in [4.69, 9.17) is 38.1 Å². The fraction of sp³-hybridized carbons (Fsp3) is 0.292. The van der Waals surface area contributed by atoms with Crippen molar-refractivity contribution in [2.75, 3.05) is 13.2 Å². The Hall–Kier alpha value is -2.74. The quantitative estimate of drug-likeness (QED) is 0.516. The standard InChI is InChI=1S/C24H23ClN4O2S/c1-15-20(23-27-22(28-31-23)17-9-5-10-18(25)13-17)21(16-7-3-2-4-8-16)26-24(32)29(15)14-19-11-6-12-30-19/h2-5,7-10,13,19,21H,6,11-12,14H2,1H3,(H,26,32). The van der Waals surface area contributed by atoms with Crippen molar-refractivity contribution in [1.82, 2.24) is 20.4 Å². The molecule has 0 spiro atoms. The summed E-state index contributed by atoms with van der Waals surface area (Å²) in [5.41, 5.74) is 3.77. The van der Waals surface area contributed by atoms with E-state index in [9.17, 15) is 0 Å². The highest BCUT2D eigenvalue weighted by Gasteiger charge is 2.35. The number of halogens is 1. The number of nitrogens with zero attached hydrogens (tertiary/aromatic N) is 3. The zero-order chi connectivity index (χ0) is 22.1. The van der Waals surface area contributed by atoms with E-state index in [2.05, 4.69) is 34.4 Å². The molecule has 0 aliphatic carbocycles. The number of allylic oxidation sites excluding steroid dienone is 1. The summed E-state index contributed by atoms with van der Waals surface area (Å²) in [5.74, 6) is 0.951. The fourth-order valence-electron chi connectivity index (χ4n) is 4.24. The Kier molecular flexibility index (Phi) is 5.95. The van der Waals surface area contributed by atoms with Gasteiger partial charge in [-0.2, -0.15) is 4.98 Å². The van der Waals surface area contributed by atoms with E-state index in [1.54, 1.807) is 0 Å². The number of rotatable bonds is 5. The van der Waals surface area contributed by atoms with Crippen molar-refractivity contribution in [2.45, 2.75) is 31.9 Å². The monoisotopic (exact) mass is 466 g/mol. The molecule has 0 saturated carbocycles. The maximum atomic E-state index is 6.15. The lowest BCUT2D eigenvalue weighted by atomic mass is 9.94. The maximum Gasteiger partial charge on any atom is 0.258 e. The predicted molar refractivity (Wildman–Crippen MR) is 128 cm³/mol. The molecule has 1 aromatic heterocycles. The number of benzene rings is 2. The van der Waals surface area contributed by atoms with Crippen molar-refractivity contribution in [3.8, 4) is 11.4 Å². The van der Waals surface area contributed by atoms with Gasteiger partial charge in [0.15, 0.2) is 5.11 Å². The minimum atomic E-state index is -0.197. The highest BCUT2D eigenvalue weighted by Crippen LogP contribution is 2.37. The van der Waals surface area contributed by atoms with Gasteiger partial charge in [0.25, 0.3) is 5.89 Å². The third-order valence-corrected chi connectivity index (χ3v) is 6.45. The highest BCUT2D eigenvalue weighted by molar-refractivity contribution is 7.80. The summed E-state index contributed by atoms with van der Waals surface area (Å²) in [5, 5.41) is 9.01. The molecule has 2 unspecified atom stereocenters. The van der Waals surface area contributed by atoms with Crippen LogP contribution in [0.2, 0.25) is 5.02 Å². The number of hydrogen-bond acceptors (Lipinski definition) is 5. The fourth-order valence-corrected chi connectivity index (χ4v) is 4.76. The van der Waals surface area contributed by atoms with E-state index in [1.165, 1.54) is 0 Å². The summed E-state index contributed by atoms with van der Waals surface area (Å²) in [7, 11) is 0. The van der Waals surface area contributed by atoms with Gasteiger partial charge in [0.05, 0.1) is 24.3 Å². The Morgan fingerprint density at radius 1 is 1.19 bits per heavy atom. The molecule has 5 rings (SSSR count). The van der Waals surface area contributed by atoms with Crippen LogP contribution in [0.5, 0.6) is 0 Å². The van der Waals surface area contributed by atoms with Gasteiger partial charge in [-0.05, 0) is 49.7 Å². The van der Waals surface area contributed by atoms with Gasteiger partial charge in [-0.15, -0.1) is 0 Å². The van der Waals surface area contributed by atoms with Crippen molar-refractivity contribution in [3.05, 3.63) is 76.8 Å². The van der Waals surface area contributed by atoms with Gasteiger partial charge >= 0.3 is 0 Å². The Morgan fingerprint density at radius 3 is 2.78 bits per heavy atom. The largest absolute Gasteiger partial charge is 0.376 e. The van der Waals surface area contributed by atoms with Crippen molar-refractivity contribution < 1.29 is 9.26 Å². The first-order chi connectivity index (χ1) is 15.6. The van der Waals surface area contributed by atoms with E-state index >= 15 is 0 Å². The van der Waals surface area contributed by atoms with Crippen LogP contribution in [0.4, 0.5) is 0 Å². The average molecular weight is 467 g/mol. The second kappa shape index (κ2) is 9.02. The summed E-state index contributed by atoms with van der Waals surface area (Å²) in [6, 6.07) is 17.4. The van der Waals surface area contributed by atoms with Crippen LogP contribution in [-0.4, -0.2) is 39.4 Å². The van der Waals surface area contributed by atoms with E-state index in [0.717, 1.165) is 41.8 Å². The van der Waals surface area contributed by atoms with E-state index in [0.29, 0.717) is 28.4 Å². The van der Waals surface area contributed by atoms with Crippen LogP contribution in [0.25, 0.3) is 17.0 Å². The second-order valence-electron chi connectivity index (χ2n) is 7.97. The molecule has 1 saturated heterocycles. The third kappa shape index (κ3) is 4.16. The van der Waals surface area contributed by atoms with Crippen molar-refractivity contribution in [3.63, 3.8) is 0 Å². The maximum absolute atomic E-state index is 6.15. The van der Waals surface area contributed by atoms with Crippen LogP contribution < -0.4 is 5.32 Å². The summed E-state index contributed by atoms with van der Waals surface area (Å²) in [6.45, 7) is 3.54. The molecular weight excluding hydrogens is 444 g/mol. The predicted octanol–water partition coefficient (Wildman–Crippen LogP) is 5.23. The molecule has 8 heteroatoms. The molecule has 0 bridgehead atoms. The first kappa shape index (κ1) is 21.1. The van der Waals surface area contributed by atoms with E-state index in [-0.39, 0.29) is 12.1 Å². The molecule has 0 radical (unpaired) electrons. The lowest BCUT2D eigenvalue weighted by molar-refractivity contribution is 0.0962. The summed E-state index contributed by atoms with van der Waals surface area (Å²) >= 11 is 11.9. The van der Waals surface area contributed by atoms with Crippen LogP contribution in [0.15, 0.2) is 64.8 Å². The molecule has 2 aliphatic rings. The van der Waals surface area contributed by atoms with Crippen LogP contribution in [0.3, 0.4) is 0 Å². The van der Waals surface area contributed by atoms with Crippen LogP contribution in [0, 0.1) is 0 Å². The summed E-state index contributed by atoms with van der Waals surface area (Å²) in [6.07, 6.45) is 2.26. The normalized spacial score (nSPS) is 21.2. The van der Waals surface area contributed by atoms with Crippen LogP contribution in [-0.2, 0) is 4.74 Å². The van der Waals surface area contributed by atoms with E-state index < -0.39 is 0 Å². The Labute approximate surface area is 197 Å². The van der Waals surface area contributed by atoms with Gasteiger partial charge in [0, 0.05) is 22.9 Å². The number of hydrogen-bond donors (Lipinski definition) is 1. The molecule has 3 heterocycles. The minimum absolute atomic E-state index is 0.156. The average Bonchev–Trinajstić information content (AvgIpc) is 3.49. The van der Waals surface area contributed by atoms with Crippen molar-refractivity contribution in [2.24, 2.45) is 0 Å². The molecular formula is C24H23ClN4O2S. The smallest absolute Gasteiger partial charge is 0.258 e. The van der Waals surface area contributed by atoms with Gasteiger partial charge in [-0.3, -0.25) is 0 Å². The number of nitrogens with one attached hydrogen (secondary N) is 1. The molecule has 3 aromatic rings. The summed E-state index contributed by atoms with van der Waals surface area (Å²) in [4.78, 5) is 6.81. The molecule has 32 heavy (non-hydrogen) atoms. The molecule has 164 valence electrons. The lowest BCUT2D eigenvalue weighted by Crippen LogP contribution is -2.48. The lowest BCUT2D eigenvalue weighted by Gasteiger charge is -2.38. The molecule has 1 fully saturated rings. The molecule has 2 atom stereocenters. The number of thiocarbonyl (C=S) groups is 1. The van der Waals surface area contributed by atoms with Crippen LogP contribution >= 0.6 is 23.8 Å². The van der Waals surface area contributed by atoms with Gasteiger partial charge in [0.2, 0.25) is 5.82 Å². The zero-order valence-corrected chi connectivity index (χ0v) is 19.2. The number of ether oxygens (including phenoxy) is 1. The van der Waals surface area contributed by atoms with Gasteiger partial charge in [-0.1, -0.05) is 59.2 Å². The Balaban J connectivity index is 1.57. The third-order valence-electron chi connectivity index (χ3n) is 5.88. The highest BCUT2D eigenvalue weighted by atomic mass is 35.5. The zero-order valence-electron chi connectivity index (χ0n) is 17.6. The van der Waals surface area contributed by atoms with Gasteiger partial charge in [0.1, 0.15) is 0 Å². The molecule has 6 nitrogen and oxygen atoms in total. The van der Waals surface area contributed by atoms with Crippen LogP contribution in [0.1, 0.15) is 37.3 Å². The minimum Gasteiger partial charge on any atom is -0.376 e. The van der Waals surface area contributed by atoms with Crippen molar-refractivity contribution >= 4 is 34.5 Å². The topological polar surface area (TPSA) is 63.4 Å². The summed E-state index contributed by atoms with van der Waals surface area (Å²) < 4.78 is 11.6. The number of aromatic nitrogens is 2. The van der Waals surface area contributed by atoms with Gasteiger partial charge < -0.3 is 19.5 Å². The second-order valence-corrected chi connectivity index (χ2v) is 8.79. The van der Waals surface area contributed by atoms with Gasteiger partial charge in [-0.25, -0.2) is 0 Å². The molecule has 2 aromatic carbocycles.